The van der Waals surface area contributed by atoms with Crippen LogP contribution in [0.1, 0.15) is 25.7 Å². The quantitative estimate of drug-likeness (QED) is 0.670. The topological polar surface area (TPSA) is 36.9 Å². The molecule has 4 nitrogen and oxygen atoms in total. The van der Waals surface area contributed by atoms with Crippen LogP contribution in [0.5, 0.6) is 0 Å². The summed E-state index contributed by atoms with van der Waals surface area (Å²) in [5, 5.41) is 0. The van der Waals surface area contributed by atoms with Gasteiger partial charge in [-0.15, -0.1) is 0 Å². The zero-order chi connectivity index (χ0) is 11.6. The lowest BCUT2D eigenvalue weighted by atomic mass is 9.79. The van der Waals surface area contributed by atoms with Gasteiger partial charge in [-0.05, 0) is 25.2 Å². The zero-order valence-electron chi connectivity index (χ0n) is 10.4. The highest BCUT2D eigenvalue weighted by Crippen LogP contribution is 2.41. The minimum Gasteiger partial charge on any atom is -0.377 e. The molecule has 0 radical (unpaired) electrons. The van der Waals surface area contributed by atoms with Gasteiger partial charge in [0.05, 0.1) is 12.2 Å². The molecule has 5 heteroatoms. The summed E-state index contributed by atoms with van der Waals surface area (Å²) in [6.07, 6.45) is 5.93. The SMILES string of the molecule is CO[Si](CCC1CCC2CC1O2)(OC)OC. The van der Waals surface area contributed by atoms with Crippen LogP contribution in [0.4, 0.5) is 0 Å². The molecule has 3 fully saturated rings. The van der Waals surface area contributed by atoms with Crippen molar-refractivity contribution in [1.82, 2.24) is 0 Å². The molecule has 1 aliphatic carbocycles. The van der Waals surface area contributed by atoms with E-state index in [1.807, 2.05) is 0 Å². The maximum atomic E-state index is 5.75. The van der Waals surface area contributed by atoms with E-state index in [0.29, 0.717) is 18.1 Å². The molecule has 3 unspecified atom stereocenters. The molecule has 3 rings (SSSR count). The smallest absolute Gasteiger partial charge is 0.377 e. The minimum atomic E-state index is -2.37. The summed E-state index contributed by atoms with van der Waals surface area (Å²) in [6.45, 7) is 0. The summed E-state index contributed by atoms with van der Waals surface area (Å²) in [4.78, 5) is 0. The first-order valence-corrected chi connectivity index (χ1v) is 7.97. The summed E-state index contributed by atoms with van der Waals surface area (Å²) in [5.74, 6) is 0.678. The third-order valence-corrected chi connectivity index (χ3v) is 6.77. The lowest BCUT2D eigenvalue weighted by Gasteiger charge is -2.47. The molecule has 0 spiro atoms. The van der Waals surface area contributed by atoms with Crippen LogP contribution in [0.15, 0.2) is 0 Å². The molecular formula is C11H22O4Si. The molecule has 3 aliphatic rings. The van der Waals surface area contributed by atoms with Gasteiger partial charge < -0.3 is 18.0 Å². The van der Waals surface area contributed by atoms with Crippen LogP contribution >= 0.6 is 0 Å². The number of rotatable bonds is 6. The normalized spacial score (nSPS) is 33.6. The van der Waals surface area contributed by atoms with Crippen LogP contribution in [0.2, 0.25) is 6.04 Å². The first-order chi connectivity index (χ1) is 7.73. The summed E-state index contributed by atoms with van der Waals surface area (Å²) in [7, 11) is 2.66. The predicted molar refractivity (Wildman–Crippen MR) is 62.2 cm³/mol. The second-order valence-electron chi connectivity index (χ2n) is 4.70. The first-order valence-electron chi connectivity index (χ1n) is 6.04. The highest BCUT2D eigenvalue weighted by molar-refractivity contribution is 6.60. The molecule has 0 aromatic carbocycles. The third-order valence-electron chi connectivity index (χ3n) is 4.00. The van der Waals surface area contributed by atoms with Crippen LogP contribution in [-0.2, 0) is 18.0 Å². The summed E-state index contributed by atoms with van der Waals surface area (Å²) >= 11 is 0. The van der Waals surface area contributed by atoms with Gasteiger partial charge in [-0.1, -0.05) is 0 Å². The van der Waals surface area contributed by atoms with Gasteiger partial charge >= 0.3 is 8.80 Å². The van der Waals surface area contributed by atoms with Gasteiger partial charge in [0.1, 0.15) is 0 Å². The predicted octanol–water partition coefficient (Wildman–Crippen LogP) is 1.82. The number of ether oxygens (including phenoxy) is 1. The van der Waals surface area contributed by atoms with Crippen molar-refractivity contribution in [2.24, 2.45) is 5.92 Å². The van der Waals surface area contributed by atoms with Crippen LogP contribution in [0.3, 0.4) is 0 Å². The van der Waals surface area contributed by atoms with Crippen molar-refractivity contribution in [3.8, 4) is 0 Å². The zero-order valence-corrected chi connectivity index (χ0v) is 11.4. The van der Waals surface area contributed by atoms with E-state index in [0.717, 1.165) is 12.5 Å². The Bertz CT molecular complexity index is 215. The van der Waals surface area contributed by atoms with Crippen LogP contribution in [-0.4, -0.2) is 42.3 Å². The molecule has 2 bridgehead atoms. The molecule has 16 heavy (non-hydrogen) atoms. The average molecular weight is 246 g/mol. The van der Waals surface area contributed by atoms with Crippen LogP contribution < -0.4 is 0 Å². The van der Waals surface area contributed by atoms with E-state index in [1.54, 1.807) is 21.3 Å². The highest BCUT2D eigenvalue weighted by atomic mass is 28.4. The molecule has 2 saturated heterocycles. The van der Waals surface area contributed by atoms with Gasteiger partial charge in [0, 0.05) is 33.8 Å². The van der Waals surface area contributed by atoms with Crippen molar-refractivity contribution >= 4 is 8.80 Å². The fourth-order valence-corrected chi connectivity index (χ4v) is 4.66. The Labute approximate surface area is 98.6 Å². The van der Waals surface area contributed by atoms with E-state index in [9.17, 15) is 0 Å². The van der Waals surface area contributed by atoms with Crippen molar-refractivity contribution in [2.45, 2.75) is 43.9 Å². The summed E-state index contributed by atoms with van der Waals surface area (Å²) in [5.41, 5.74) is 0. The van der Waals surface area contributed by atoms with Crippen molar-refractivity contribution in [3.63, 3.8) is 0 Å². The van der Waals surface area contributed by atoms with Crippen molar-refractivity contribution < 1.29 is 18.0 Å². The van der Waals surface area contributed by atoms with E-state index in [-0.39, 0.29) is 0 Å². The first kappa shape index (κ1) is 12.5. The highest BCUT2D eigenvalue weighted by Gasteiger charge is 2.44. The van der Waals surface area contributed by atoms with Gasteiger partial charge in [-0.3, -0.25) is 0 Å². The molecular weight excluding hydrogens is 224 g/mol. The Morgan fingerprint density at radius 3 is 2.19 bits per heavy atom. The van der Waals surface area contributed by atoms with E-state index in [2.05, 4.69) is 0 Å². The third kappa shape index (κ3) is 2.33. The van der Waals surface area contributed by atoms with E-state index >= 15 is 0 Å². The fraction of sp³-hybridized carbons (Fsp3) is 1.00. The van der Waals surface area contributed by atoms with Gasteiger partial charge in [0.25, 0.3) is 0 Å². The van der Waals surface area contributed by atoms with E-state index in [1.165, 1.54) is 19.3 Å². The van der Waals surface area contributed by atoms with Crippen molar-refractivity contribution in [1.29, 1.82) is 0 Å². The minimum absolute atomic E-state index is 0.496. The molecule has 0 aromatic heterocycles. The maximum absolute atomic E-state index is 5.75. The lowest BCUT2D eigenvalue weighted by Crippen LogP contribution is -2.49. The van der Waals surface area contributed by atoms with Crippen LogP contribution in [0.25, 0.3) is 0 Å². The van der Waals surface area contributed by atoms with Gasteiger partial charge in [-0.25, -0.2) is 0 Å². The Balaban J connectivity index is 1.80. The Morgan fingerprint density at radius 2 is 1.75 bits per heavy atom. The fourth-order valence-electron chi connectivity index (χ4n) is 2.82. The van der Waals surface area contributed by atoms with Gasteiger partial charge in [-0.2, -0.15) is 0 Å². The van der Waals surface area contributed by atoms with Crippen LogP contribution in [0, 0.1) is 5.92 Å². The Morgan fingerprint density at radius 1 is 1.12 bits per heavy atom. The molecule has 2 aliphatic heterocycles. The molecule has 1 saturated carbocycles. The second-order valence-corrected chi connectivity index (χ2v) is 7.79. The average Bonchev–Trinajstić information content (AvgIpc) is 2.31. The second kappa shape index (κ2) is 5.14. The standard InChI is InChI=1S/C11H22O4Si/c1-12-16(13-2,14-3)7-6-9-4-5-10-8-11(9)15-10/h9-11H,4-8H2,1-3H3. The number of hydrogen-bond donors (Lipinski definition) is 0. The molecule has 0 aromatic rings. The van der Waals surface area contributed by atoms with Crippen molar-refractivity contribution in [3.05, 3.63) is 0 Å². The molecule has 94 valence electrons. The maximum Gasteiger partial charge on any atom is 0.500 e. The number of hydrogen-bond acceptors (Lipinski definition) is 4. The largest absolute Gasteiger partial charge is 0.500 e. The number of fused-ring (bicyclic) bond motifs is 2. The Kier molecular flexibility index (Phi) is 4.02. The van der Waals surface area contributed by atoms with E-state index in [4.69, 9.17) is 18.0 Å². The summed E-state index contributed by atoms with van der Waals surface area (Å²) in [6, 6.07) is 0.895. The molecule has 0 N–H and O–H groups in total. The lowest BCUT2D eigenvalue weighted by molar-refractivity contribution is -0.185. The van der Waals surface area contributed by atoms with Crippen molar-refractivity contribution in [2.75, 3.05) is 21.3 Å². The van der Waals surface area contributed by atoms with Gasteiger partial charge in [0.2, 0.25) is 0 Å². The molecule has 0 amide bonds. The van der Waals surface area contributed by atoms with Gasteiger partial charge in [0.15, 0.2) is 0 Å². The van der Waals surface area contributed by atoms with E-state index < -0.39 is 8.80 Å². The summed E-state index contributed by atoms with van der Waals surface area (Å²) < 4.78 is 22.0. The monoisotopic (exact) mass is 246 g/mol. The molecule has 3 atom stereocenters. The Hall–Kier alpha value is 0.0569. The molecule has 2 heterocycles.